The molecule has 0 aromatic carbocycles. The highest BCUT2D eigenvalue weighted by atomic mass is 32.1. The lowest BCUT2D eigenvalue weighted by atomic mass is 10.3. The van der Waals surface area contributed by atoms with Crippen molar-refractivity contribution in [2.24, 2.45) is 0 Å². The number of nitrogens with zero attached hydrogens (tertiary/aromatic N) is 2. The van der Waals surface area contributed by atoms with Gasteiger partial charge in [0.25, 0.3) is 0 Å². The van der Waals surface area contributed by atoms with Gasteiger partial charge in [-0.1, -0.05) is 25.2 Å². The van der Waals surface area contributed by atoms with Crippen molar-refractivity contribution >= 4 is 21.7 Å². The molecular weight excluding hydrogens is 265 g/mol. The lowest BCUT2D eigenvalue weighted by molar-refractivity contribution is -0.137. The monoisotopic (exact) mass is 278 g/mol. The van der Waals surface area contributed by atoms with E-state index >= 15 is 0 Å². The maximum atomic E-state index is 12.4. The van der Waals surface area contributed by atoms with E-state index in [0.29, 0.717) is 9.84 Å². The Morgan fingerprint density at radius 1 is 1.33 bits per heavy atom. The number of hydrogen-bond acceptors (Lipinski definition) is 4. The Kier molecular flexibility index (Phi) is 5.03. The van der Waals surface area contributed by atoms with Crippen LogP contribution in [0.2, 0.25) is 0 Å². The van der Waals surface area contributed by atoms with E-state index in [2.05, 4.69) is 9.97 Å². The zero-order valence-corrected chi connectivity index (χ0v) is 11.0. The van der Waals surface area contributed by atoms with Gasteiger partial charge >= 0.3 is 6.18 Å². The van der Waals surface area contributed by atoms with E-state index in [1.807, 2.05) is 13.8 Å². The lowest BCUT2D eigenvalue weighted by Gasteiger charge is -2.04. The Morgan fingerprint density at radius 3 is 2.56 bits per heavy atom. The quantitative estimate of drug-likeness (QED) is 0.836. The van der Waals surface area contributed by atoms with Crippen LogP contribution in [0.5, 0.6) is 0 Å². The average molecular weight is 278 g/mol. The fourth-order valence-corrected chi connectivity index (χ4v) is 2.07. The summed E-state index contributed by atoms with van der Waals surface area (Å²) >= 11 is 1.23. The molecule has 2 heterocycles. The molecule has 0 radical (unpaired) electrons. The van der Waals surface area contributed by atoms with E-state index in [0.717, 1.165) is 12.3 Å². The standard InChI is InChI=1S/C9H7F3N2OS.C2H6/c1-15-4-7-14-6-2-5(9(10,11)12)3-13-8(6)16-7;1-2/h2-3H,4H2,1H3;1-2H3. The van der Waals surface area contributed by atoms with Crippen molar-refractivity contribution in [1.29, 1.82) is 0 Å². The number of thiazole rings is 1. The summed E-state index contributed by atoms with van der Waals surface area (Å²) in [5.74, 6) is 0. The molecule has 0 N–H and O–H groups in total. The van der Waals surface area contributed by atoms with Crippen LogP contribution in [0.1, 0.15) is 24.4 Å². The molecular formula is C11H13F3N2OS. The number of hydrogen-bond donors (Lipinski definition) is 0. The Hall–Kier alpha value is -1.21. The molecule has 0 bridgehead atoms. The molecule has 18 heavy (non-hydrogen) atoms. The fraction of sp³-hybridized carbons (Fsp3) is 0.455. The molecule has 0 atom stereocenters. The van der Waals surface area contributed by atoms with Gasteiger partial charge in [0.1, 0.15) is 15.4 Å². The van der Waals surface area contributed by atoms with E-state index in [1.54, 1.807) is 0 Å². The maximum Gasteiger partial charge on any atom is 0.417 e. The first-order valence-corrected chi connectivity index (χ1v) is 6.14. The van der Waals surface area contributed by atoms with Crippen molar-refractivity contribution in [1.82, 2.24) is 9.97 Å². The van der Waals surface area contributed by atoms with Crippen LogP contribution in [0.15, 0.2) is 12.3 Å². The smallest absolute Gasteiger partial charge is 0.378 e. The molecule has 0 aliphatic rings. The lowest BCUT2D eigenvalue weighted by Crippen LogP contribution is -2.04. The summed E-state index contributed by atoms with van der Waals surface area (Å²) in [6, 6.07) is 0.998. The molecule has 0 unspecified atom stereocenters. The summed E-state index contributed by atoms with van der Waals surface area (Å²) in [4.78, 5) is 8.22. The number of rotatable bonds is 2. The molecule has 2 aromatic rings. The molecule has 0 spiro atoms. The van der Waals surface area contributed by atoms with Gasteiger partial charge in [0, 0.05) is 13.3 Å². The summed E-state index contributed by atoms with van der Waals surface area (Å²) in [6.45, 7) is 4.28. The van der Waals surface area contributed by atoms with Crippen molar-refractivity contribution in [2.75, 3.05) is 7.11 Å². The fourth-order valence-electron chi connectivity index (χ4n) is 1.21. The summed E-state index contributed by atoms with van der Waals surface area (Å²) in [6.07, 6.45) is -3.57. The first kappa shape index (κ1) is 14.8. The number of fused-ring (bicyclic) bond motifs is 1. The van der Waals surface area contributed by atoms with Gasteiger partial charge in [0.05, 0.1) is 12.2 Å². The molecule has 0 fully saturated rings. The van der Waals surface area contributed by atoms with E-state index in [-0.39, 0.29) is 12.1 Å². The van der Waals surface area contributed by atoms with Gasteiger partial charge in [-0.3, -0.25) is 0 Å². The molecule has 0 saturated carbocycles. The van der Waals surface area contributed by atoms with Crippen molar-refractivity contribution < 1.29 is 17.9 Å². The zero-order chi connectivity index (χ0) is 13.8. The molecule has 3 nitrogen and oxygen atoms in total. The van der Waals surface area contributed by atoms with Gasteiger partial charge in [0.2, 0.25) is 0 Å². The van der Waals surface area contributed by atoms with Gasteiger partial charge in [-0.2, -0.15) is 13.2 Å². The largest absolute Gasteiger partial charge is 0.417 e. The van der Waals surface area contributed by atoms with Crippen LogP contribution >= 0.6 is 11.3 Å². The highest BCUT2D eigenvalue weighted by molar-refractivity contribution is 7.18. The van der Waals surface area contributed by atoms with Gasteiger partial charge in [0.15, 0.2) is 0 Å². The summed E-state index contributed by atoms with van der Waals surface area (Å²) in [5, 5.41) is 0.615. The summed E-state index contributed by atoms with van der Waals surface area (Å²) in [5.41, 5.74) is -0.527. The first-order valence-electron chi connectivity index (χ1n) is 5.32. The normalized spacial score (nSPS) is 11.2. The zero-order valence-electron chi connectivity index (χ0n) is 10.2. The van der Waals surface area contributed by atoms with Crippen LogP contribution in [0.3, 0.4) is 0 Å². The Labute approximate surface area is 107 Å². The van der Waals surface area contributed by atoms with E-state index < -0.39 is 11.7 Å². The summed E-state index contributed by atoms with van der Waals surface area (Å²) < 4.78 is 42.0. The highest BCUT2D eigenvalue weighted by Crippen LogP contribution is 2.31. The third-order valence-electron chi connectivity index (χ3n) is 1.89. The number of halogens is 3. The van der Waals surface area contributed by atoms with Crippen molar-refractivity contribution in [3.8, 4) is 0 Å². The van der Waals surface area contributed by atoms with Crippen LogP contribution in [-0.4, -0.2) is 17.1 Å². The van der Waals surface area contributed by atoms with Crippen LogP contribution in [0.25, 0.3) is 10.3 Å². The molecule has 2 rings (SSSR count). The molecule has 0 saturated heterocycles. The molecule has 0 amide bonds. The number of ether oxygens (including phenoxy) is 1. The SMILES string of the molecule is CC.COCc1nc2cc(C(F)(F)F)cnc2s1. The second-order valence-electron chi connectivity index (χ2n) is 3.09. The second-order valence-corrected chi connectivity index (χ2v) is 4.15. The van der Waals surface area contributed by atoms with Gasteiger partial charge < -0.3 is 4.74 Å². The molecule has 0 aliphatic heterocycles. The third kappa shape index (κ3) is 3.39. The van der Waals surface area contributed by atoms with Crippen LogP contribution in [-0.2, 0) is 17.5 Å². The highest BCUT2D eigenvalue weighted by Gasteiger charge is 2.31. The Bertz CT molecular complexity index is 510. The first-order chi connectivity index (χ1) is 8.50. The number of aromatic nitrogens is 2. The average Bonchev–Trinajstić information content (AvgIpc) is 2.72. The van der Waals surface area contributed by atoms with Crippen LogP contribution in [0.4, 0.5) is 13.2 Å². The van der Waals surface area contributed by atoms with Crippen LogP contribution in [0, 0.1) is 0 Å². The van der Waals surface area contributed by atoms with Gasteiger partial charge in [-0.25, -0.2) is 9.97 Å². The predicted molar refractivity (Wildman–Crippen MR) is 64.5 cm³/mol. The third-order valence-corrected chi connectivity index (χ3v) is 2.84. The van der Waals surface area contributed by atoms with Crippen molar-refractivity contribution in [3.63, 3.8) is 0 Å². The molecule has 7 heteroatoms. The minimum Gasteiger partial charge on any atom is -0.378 e. The number of pyridine rings is 1. The summed E-state index contributed by atoms with van der Waals surface area (Å²) in [7, 11) is 1.50. The molecule has 0 aliphatic carbocycles. The van der Waals surface area contributed by atoms with Gasteiger partial charge in [-0.05, 0) is 6.07 Å². The Morgan fingerprint density at radius 2 is 2.00 bits per heavy atom. The van der Waals surface area contributed by atoms with E-state index in [4.69, 9.17) is 4.74 Å². The minimum absolute atomic E-state index is 0.256. The topological polar surface area (TPSA) is 35.0 Å². The van der Waals surface area contributed by atoms with Gasteiger partial charge in [-0.15, -0.1) is 0 Å². The molecule has 100 valence electrons. The number of methoxy groups -OCH3 is 1. The second kappa shape index (κ2) is 6.10. The van der Waals surface area contributed by atoms with Crippen molar-refractivity contribution in [2.45, 2.75) is 26.6 Å². The number of alkyl halides is 3. The predicted octanol–water partition coefficient (Wildman–Crippen LogP) is 3.88. The maximum absolute atomic E-state index is 12.4. The Balaban J connectivity index is 0.000000771. The van der Waals surface area contributed by atoms with E-state index in [1.165, 1.54) is 18.4 Å². The molecule has 2 aromatic heterocycles. The van der Waals surface area contributed by atoms with E-state index in [9.17, 15) is 13.2 Å². The minimum atomic E-state index is -4.38. The van der Waals surface area contributed by atoms with Crippen molar-refractivity contribution in [3.05, 3.63) is 22.8 Å². The van der Waals surface area contributed by atoms with Crippen LogP contribution < -0.4 is 0 Å².